The van der Waals surface area contributed by atoms with Gasteiger partial charge in [0, 0.05) is 5.41 Å². The van der Waals surface area contributed by atoms with Crippen LogP contribution in [0.3, 0.4) is 0 Å². The minimum absolute atomic E-state index is 0.0764. The van der Waals surface area contributed by atoms with Gasteiger partial charge >= 0.3 is 0 Å². The van der Waals surface area contributed by atoms with E-state index in [0.717, 1.165) is 0 Å². The minimum atomic E-state index is 0.0764. The van der Waals surface area contributed by atoms with Gasteiger partial charge in [0.25, 0.3) is 0 Å². The third-order valence-electron chi connectivity index (χ3n) is 3.94. The second kappa shape index (κ2) is 15.0. The third-order valence-corrected chi connectivity index (χ3v) is 3.94. The van der Waals surface area contributed by atoms with Gasteiger partial charge in [-0.15, -0.1) is 6.58 Å². The zero-order valence-corrected chi connectivity index (χ0v) is 18.3. The van der Waals surface area contributed by atoms with Gasteiger partial charge in [-0.25, -0.2) is 0 Å². The van der Waals surface area contributed by atoms with Crippen molar-refractivity contribution < 1.29 is 0 Å². The van der Waals surface area contributed by atoms with Gasteiger partial charge in [0.15, 0.2) is 0 Å². The quantitative estimate of drug-likeness (QED) is 0.444. The summed E-state index contributed by atoms with van der Waals surface area (Å²) in [4.78, 5) is 0. The molecule has 0 saturated heterocycles. The highest BCUT2D eigenvalue weighted by Gasteiger charge is 2.36. The van der Waals surface area contributed by atoms with Gasteiger partial charge < -0.3 is 0 Å². The summed E-state index contributed by atoms with van der Waals surface area (Å²) in [7, 11) is 0. The topological polar surface area (TPSA) is 0 Å². The van der Waals surface area contributed by atoms with E-state index in [9.17, 15) is 0 Å². The van der Waals surface area contributed by atoms with E-state index in [2.05, 4.69) is 72.1 Å². The molecule has 0 amide bonds. The average Bonchev–Trinajstić information content (AvgIpc) is 2.77. The van der Waals surface area contributed by atoms with E-state index in [1.54, 1.807) is 6.08 Å². The van der Waals surface area contributed by atoms with E-state index in [1.165, 1.54) is 27.9 Å². The van der Waals surface area contributed by atoms with Crippen molar-refractivity contribution in [2.75, 3.05) is 0 Å². The molecular weight excluding hydrogens is 288 g/mol. The Hall–Kier alpha value is -1.56. The molecule has 0 bridgehead atoms. The number of rotatable bonds is 2. The summed E-state index contributed by atoms with van der Waals surface area (Å²) in [5.74, 6) is 0. The molecule has 0 atom stereocenters. The summed E-state index contributed by atoms with van der Waals surface area (Å²) in [5.41, 5.74) is 6.73. The lowest BCUT2D eigenvalue weighted by Crippen LogP contribution is -2.10. The Morgan fingerprint density at radius 2 is 1.42 bits per heavy atom. The van der Waals surface area contributed by atoms with E-state index in [1.807, 2.05) is 41.5 Å². The van der Waals surface area contributed by atoms with Gasteiger partial charge in [-0.05, 0) is 56.9 Å². The van der Waals surface area contributed by atoms with Crippen LogP contribution in [0.2, 0.25) is 0 Å². The Bertz CT molecular complexity index is 488. The van der Waals surface area contributed by atoms with Gasteiger partial charge in [0.05, 0.1) is 0 Å². The SMILES string of the molecule is C=C1/C(=C\C=C/C)C(/C(C)=C\C)=C(C)C1(C)C.C=CC.CC.CC. The normalized spacial score (nSPS) is 17.5. The fourth-order valence-corrected chi connectivity index (χ4v) is 2.26. The van der Waals surface area contributed by atoms with Crippen LogP contribution < -0.4 is 0 Å². The predicted molar refractivity (Wildman–Crippen MR) is 117 cm³/mol. The summed E-state index contributed by atoms with van der Waals surface area (Å²) in [6.07, 6.45) is 10.3. The van der Waals surface area contributed by atoms with Crippen LogP contribution in [0.1, 0.15) is 76.2 Å². The lowest BCUT2D eigenvalue weighted by Gasteiger charge is -2.21. The minimum Gasteiger partial charge on any atom is -0.103 e. The van der Waals surface area contributed by atoms with Crippen molar-refractivity contribution in [3.8, 4) is 0 Å². The Morgan fingerprint density at radius 3 is 1.75 bits per heavy atom. The molecule has 0 aromatic rings. The van der Waals surface area contributed by atoms with Gasteiger partial charge in [-0.3, -0.25) is 0 Å². The van der Waals surface area contributed by atoms with E-state index < -0.39 is 0 Å². The lowest BCUT2D eigenvalue weighted by atomic mass is 9.82. The summed E-state index contributed by atoms with van der Waals surface area (Å²) in [5, 5.41) is 0. The summed E-state index contributed by atoms with van der Waals surface area (Å²) in [6.45, 7) is 30.6. The first kappa shape index (κ1) is 27.3. The molecular formula is C24H42. The van der Waals surface area contributed by atoms with E-state index in [-0.39, 0.29) is 5.41 Å². The van der Waals surface area contributed by atoms with Crippen LogP contribution in [-0.2, 0) is 0 Å². The van der Waals surface area contributed by atoms with Crippen molar-refractivity contribution in [2.24, 2.45) is 5.41 Å². The molecule has 0 heterocycles. The van der Waals surface area contributed by atoms with Crippen molar-refractivity contribution in [2.45, 2.75) is 76.2 Å². The molecule has 1 aliphatic carbocycles. The molecule has 0 heteroatoms. The van der Waals surface area contributed by atoms with Crippen molar-refractivity contribution >= 4 is 0 Å². The van der Waals surface area contributed by atoms with Gasteiger partial charge in [-0.2, -0.15) is 0 Å². The van der Waals surface area contributed by atoms with Crippen LogP contribution in [0, 0.1) is 5.41 Å². The second-order valence-corrected chi connectivity index (χ2v) is 5.59. The molecule has 0 N–H and O–H groups in total. The Kier molecular flexibility index (Phi) is 17.1. The Morgan fingerprint density at radius 1 is 1.00 bits per heavy atom. The average molecular weight is 331 g/mol. The molecule has 138 valence electrons. The van der Waals surface area contributed by atoms with Crippen molar-refractivity contribution in [1.82, 2.24) is 0 Å². The molecule has 24 heavy (non-hydrogen) atoms. The maximum absolute atomic E-state index is 4.29. The monoisotopic (exact) mass is 330 g/mol. The Labute approximate surface area is 153 Å². The van der Waals surface area contributed by atoms with Crippen LogP contribution >= 0.6 is 0 Å². The highest BCUT2D eigenvalue weighted by molar-refractivity contribution is 5.67. The van der Waals surface area contributed by atoms with Crippen molar-refractivity contribution in [1.29, 1.82) is 0 Å². The molecule has 0 aromatic carbocycles. The van der Waals surface area contributed by atoms with Crippen LogP contribution in [0.15, 0.2) is 71.4 Å². The van der Waals surface area contributed by atoms with E-state index in [4.69, 9.17) is 0 Å². The van der Waals surface area contributed by atoms with Crippen molar-refractivity contribution in [3.63, 3.8) is 0 Å². The van der Waals surface area contributed by atoms with Gasteiger partial charge in [0.2, 0.25) is 0 Å². The lowest BCUT2D eigenvalue weighted by molar-refractivity contribution is 0.566. The standard InChI is InChI=1S/C17H24.C3H6.2C2H6/c1-8-10-11-15-13(4)17(6,7)14(5)16(15)12(3)9-2;1-3-2;2*1-2/h8-11H,4H2,1-3,5-7H3;3H,1H2,2H3;2*1-2H3/b10-8-,12-9-,15-11+;;;. The number of hydrogen-bond acceptors (Lipinski definition) is 0. The molecule has 0 radical (unpaired) electrons. The van der Waals surface area contributed by atoms with Gasteiger partial charge in [-0.1, -0.05) is 84.1 Å². The molecule has 1 rings (SSSR count). The molecule has 0 fully saturated rings. The largest absolute Gasteiger partial charge is 0.103 e. The van der Waals surface area contributed by atoms with Crippen LogP contribution in [0.4, 0.5) is 0 Å². The Balaban J connectivity index is -0.000000549. The molecule has 0 spiro atoms. The highest BCUT2D eigenvalue weighted by Crippen LogP contribution is 2.50. The molecule has 0 nitrogen and oxygen atoms in total. The first-order chi connectivity index (χ1) is 11.3. The molecule has 0 aliphatic heterocycles. The van der Waals surface area contributed by atoms with Crippen molar-refractivity contribution in [3.05, 3.63) is 71.4 Å². The van der Waals surface area contributed by atoms with Crippen LogP contribution in [-0.4, -0.2) is 0 Å². The zero-order chi connectivity index (χ0) is 19.9. The maximum Gasteiger partial charge on any atom is 0.0112 e. The van der Waals surface area contributed by atoms with Gasteiger partial charge in [0.1, 0.15) is 0 Å². The maximum atomic E-state index is 4.29. The van der Waals surface area contributed by atoms with Crippen LogP contribution in [0.5, 0.6) is 0 Å². The number of hydrogen-bond donors (Lipinski definition) is 0. The summed E-state index contributed by atoms with van der Waals surface area (Å²) < 4.78 is 0. The van der Waals surface area contributed by atoms with E-state index >= 15 is 0 Å². The summed E-state index contributed by atoms with van der Waals surface area (Å²) in [6, 6.07) is 0. The molecule has 0 aromatic heterocycles. The van der Waals surface area contributed by atoms with Crippen LogP contribution in [0.25, 0.3) is 0 Å². The zero-order valence-electron chi connectivity index (χ0n) is 18.3. The fraction of sp³-hybridized carbons (Fsp3) is 0.500. The highest BCUT2D eigenvalue weighted by atomic mass is 14.4. The molecule has 0 saturated carbocycles. The fourth-order valence-electron chi connectivity index (χ4n) is 2.26. The molecule has 0 unspecified atom stereocenters. The third kappa shape index (κ3) is 7.34. The molecule has 1 aliphatic rings. The second-order valence-electron chi connectivity index (χ2n) is 5.59. The predicted octanol–water partition coefficient (Wildman–Crippen LogP) is 8.61. The smallest absolute Gasteiger partial charge is 0.0112 e. The first-order valence-electron chi connectivity index (χ1n) is 9.24. The first-order valence-corrected chi connectivity index (χ1v) is 9.24. The van der Waals surface area contributed by atoms with E-state index in [0.29, 0.717) is 0 Å². The number of allylic oxidation sites excluding steroid dienone is 10. The summed E-state index contributed by atoms with van der Waals surface area (Å²) >= 11 is 0.